The monoisotopic (exact) mass is 362 g/mol. The Kier molecular flexibility index (Phi) is 11.4. The van der Waals surface area contributed by atoms with Crippen molar-refractivity contribution in [3.8, 4) is 0 Å². The molecule has 9 heteroatoms. The van der Waals surface area contributed by atoms with Gasteiger partial charge in [0.15, 0.2) is 0 Å². The van der Waals surface area contributed by atoms with Crippen LogP contribution < -0.4 is 22.1 Å². The predicted octanol–water partition coefficient (Wildman–Crippen LogP) is -0.527. The van der Waals surface area contributed by atoms with Crippen molar-refractivity contribution in [2.45, 2.75) is 57.7 Å². The van der Waals surface area contributed by atoms with Crippen molar-refractivity contribution in [3.63, 3.8) is 0 Å². The van der Waals surface area contributed by atoms with Crippen LogP contribution in [0.5, 0.6) is 0 Å². The molecule has 0 aromatic heterocycles. The summed E-state index contributed by atoms with van der Waals surface area (Å²) in [5.41, 5.74) is 11.0. The highest BCUT2D eigenvalue weighted by Gasteiger charge is 2.29. The highest BCUT2D eigenvalue weighted by atomic mass is 32.1. The first-order valence-corrected chi connectivity index (χ1v) is 8.81. The fourth-order valence-electron chi connectivity index (χ4n) is 2.06. The lowest BCUT2D eigenvalue weighted by atomic mass is 9.98. The van der Waals surface area contributed by atoms with Gasteiger partial charge in [-0.1, -0.05) is 20.3 Å². The second-order valence-electron chi connectivity index (χ2n) is 5.84. The van der Waals surface area contributed by atoms with Gasteiger partial charge in [-0.15, -0.1) is 0 Å². The van der Waals surface area contributed by atoms with Gasteiger partial charge in [0.1, 0.15) is 12.1 Å². The van der Waals surface area contributed by atoms with Crippen LogP contribution in [0.2, 0.25) is 0 Å². The number of nitrogens with one attached hydrogen (secondary N) is 2. The molecule has 0 aromatic rings. The molecular formula is C15H30N4O4S. The van der Waals surface area contributed by atoms with Crippen molar-refractivity contribution >= 4 is 30.4 Å². The number of hydrogen-bond acceptors (Lipinski definition) is 6. The third-order valence-electron chi connectivity index (χ3n) is 3.89. The fourth-order valence-corrected chi connectivity index (χ4v) is 2.23. The fraction of sp³-hybridized carbons (Fsp3) is 0.800. The van der Waals surface area contributed by atoms with E-state index >= 15 is 0 Å². The largest absolute Gasteiger partial charge is 0.480 e. The molecule has 24 heavy (non-hydrogen) atoms. The summed E-state index contributed by atoms with van der Waals surface area (Å²) < 4.78 is 0. The van der Waals surface area contributed by atoms with E-state index < -0.39 is 35.9 Å². The van der Waals surface area contributed by atoms with Crippen LogP contribution in [0.25, 0.3) is 0 Å². The molecule has 2 amide bonds. The maximum Gasteiger partial charge on any atom is 0.326 e. The molecule has 4 atom stereocenters. The normalized spacial score (nSPS) is 15.9. The number of carbonyl (C=O) groups is 3. The van der Waals surface area contributed by atoms with Crippen LogP contribution >= 0.6 is 12.6 Å². The number of carbonyl (C=O) groups excluding carboxylic acids is 2. The first-order valence-electron chi connectivity index (χ1n) is 8.18. The molecule has 7 N–H and O–H groups in total. The Morgan fingerprint density at radius 2 is 1.79 bits per heavy atom. The van der Waals surface area contributed by atoms with Gasteiger partial charge in [-0.05, 0) is 31.7 Å². The highest BCUT2D eigenvalue weighted by Crippen LogP contribution is 2.09. The maximum atomic E-state index is 12.4. The standard InChI is InChI=1S/C15H30N4O4S/c1-3-9(2)12(15(22)23)19-14(21)11(6-4-5-7-16)18-13(20)10(17)8-24/h9-12,24H,3-8,16-17H2,1-2H3,(H,18,20)(H,19,21)(H,22,23). The highest BCUT2D eigenvalue weighted by molar-refractivity contribution is 7.80. The van der Waals surface area contributed by atoms with Gasteiger partial charge in [0.25, 0.3) is 0 Å². The van der Waals surface area contributed by atoms with Gasteiger partial charge in [-0.25, -0.2) is 4.79 Å². The average molecular weight is 362 g/mol. The van der Waals surface area contributed by atoms with E-state index in [1.807, 2.05) is 6.92 Å². The van der Waals surface area contributed by atoms with Gasteiger partial charge < -0.3 is 27.2 Å². The van der Waals surface area contributed by atoms with Gasteiger partial charge in [-0.3, -0.25) is 9.59 Å². The molecule has 0 aliphatic heterocycles. The van der Waals surface area contributed by atoms with Gasteiger partial charge in [-0.2, -0.15) is 12.6 Å². The number of hydrogen-bond donors (Lipinski definition) is 6. The van der Waals surface area contributed by atoms with Crippen LogP contribution in [0.3, 0.4) is 0 Å². The first kappa shape index (κ1) is 22.7. The van der Waals surface area contributed by atoms with Crippen molar-refractivity contribution < 1.29 is 19.5 Å². The molecule has 0 aliphatic rings. The molecule has 0 heterocycles. The Morgan fingerprint density at radius 3 is 2.25 bits per heavy atom. The van der Waals surface area contributed by atoms with Crippen LogP contribution in [-0.2, 0) is 14.4 Å². The number of carboxylic acids is 1. The summed E-state index contributed by atoms with van der Waals surface area (Å²) in [6.45, 7) is 4.07. The van der Waals surface area contributed by atoms with Gasteiger partial charge >= 0.3 is 5.97 Å². The molecule has 0 fully saturated rings. The van der Waals surface area contributed by atoms with E-state index in [-0.39, 0.29) is 11.7 Å². The molecule has 0 spiro atoms. The Balaban J connectivity index is 4.99. The molecule has 0 rings (SSSR count). The van der Waals surface area contributed by atoms with Crippen LogP contribution in [-0.4, -0.2) is 53.3 Å². The zero-order chi connectivity index (χ0) is 18.7. The van der Waals surface area contributed by atoms with E-state index in [1.165, 1.54) is 0 Å². The minimum Gasteiger partial charge on any atom is -0.480 e. The first-order chi connectivity index (χ1) is 11.3. The Morgan fingerprint density at radius 1 is 1.17 bits per heavy atom. The molecule has 4 unspecified atom stereocenters. The van der Waals surface area contributed by atoms with E-state index in [0.717, 1.165) is 0 Å². The second-order valence-corrected chi connectivity index (χ2v) is 6.21. The summed E-state index contributed by atoms with van der Waals surface area (Å²) in [6.07, 6.45) is 2.30. The quantitative estimate of drug-likeness (QED) is 0.203. The molecular weight excluding hydrogens is 332 g/mol. The summed E-state index contributed by atoms with van der Waals surface area (Å²) in [5.74, 6) is -2.20. The Bertz CT molecular complexity index is 422. The number of aliphatic carboxylic acids is 1. The molecule has 0 radical (unpaired) electrons. The number of unbranched alkanes of at least 4 members (excludes halogenated alkanes) is 1. The third kappa shape index (κ3) is 7.98. The molecule has 0 aromatic carbocycles. The maximum absolute atomic E-state index is 12.4. The van der Waals surface area contributed by atoms with Crippen molar-refractivity contribution in [3.05, 3.63) is 0 Å². The molecule has 0 saturated carbocycles. The summed E-state index contributed by atoms with van der Waals surface area (Å²) in [5, 5.41) is 14.4. The number of nitrogens with two attached hydrogens (primary N) is 2. The van der Waals surface area contributed by atoms with E-state index in [4.69, 9.17) is 11.5 Å². The zero-order valence-corrected chi connectivity index (χ0v) is 15.2. The van der Waals surface area contributed by atoms with Crippen LogP contribution in [0.15, 0.2) is 0 Å². The van der Waals surface area contributed by atoms with E-state index in [1.54, 1.807) is 6.92 Å². The van der Waals surface area contributed by atoms with Crippen molar-refractivity contribution in [2.75, 3.05) is 12.3 Å². The molecule has 0 aliphatic carbocycles. The van der Waals surface area contributed by atoms with Gasteiger partial charge in [0.2, 0.25) is 11.8 Å². The lowest BCUT2D eigenvalue weighted by Gasteiger charge is -2.25. The number of carboxylic acid groups (broad SMARTS) is 1. The van der Waals surface area contributed by atoms with Crippen LogP contribution in [0.4, 0.5) is 0 Å². The minimum atomic E-state index is -1.10. The molecule has 0 bridgehead atoms. The van der Waals surface area contributed by atoms with E-state index in [2.05, 4.69) is 23.3 Å². The minimum absolute atomic E-state index is 0.146. The second kappa shape index (κ2) is 12.1. The van der Waals surface area contributed by atoms with Crippen LogP contribution in [0, 0.1) is 5.92 Å². The average Bonchev–Trinajstić information content (AvgIpc) is 2.56. The van der Waals surface area contributed by atoms with Gasteiger partial charge in [0.05, 0.1) is 6.04 Å². The van der Waals surface area contributed by atoms with Gasteiger partial charge in [0, 0.05) is 5.75 Å². The molecule has 8 nitrogen and oxygen atoms in total. The van der Waals surface area contributed by atoms with Crippen molar-refractivity contribution in [1.82, 2.24) is 10.6 Å². The van der Waals surface area contributed by atoms with E-state index in [9.17, 15) is 19.5 Å². The number of thiol groups is 1. The topological polar surface area (TPSA) is 148 Å². The molecule has 140 valence electrons. The summed E-state index contributed by atoms with van der Waals surface area (Å²) in [6, 6.07) is -2.68. The SMILES string of the molecule is CCC(C)C(NC(=O)C(CCCCN)NC(=O)C(N)CS)C(=O)O. The van der Waals surface area contributed by atoms with Crippen molar-refractivity contribution in [2.24, 2.45) is 17.4 Å². The number of amides is 2. The molecule has 0 saturated heterocycles. The number of rotatable bonds is 12. The van der Waals surface area contributed by atoms with E-state index in [0.29, 0.717) is 32.2 Å². The lowest BCUT2D eigenvalue weighted by Crippen LogP contribution is -2.55. The Labute approximate surface area is 148 Å². The predicted molar refractivity (Wildman–Crippen MR) is 95.7 cm³/mol. The third-order valence-corrected chi connectivity index (χ3v) is 4.28. The summed E-state index contributed by atoms with van der Waals surface area (Å²) >= 11 is 3.96. The summed E-state index contributed by atoms with van der Waals surface area (Å²) in [7, 11) is 0. The lowest BCUT2D eigenvalue weighted by molar-refractivity contribution is -0.143. The Hall–Kier alpha value is -1.32. The van der Waals surface area contributed by atoms with Crippen LogP contribution in [0.1, 0.15) is 39.5 Å². The summed E-state index contributed by atoms with van der Waals surface area (Å²) in [4.78, 5) is 35.7. The zero-order valence-electron chi connectivity index (χ0n) is 14.3. The van der Waals surface area contributed by atoms with Crippen molar-refractivity contribution in [1.29, 1.82) is 0 Å². The smallest absolute Gasteiger partial charge is 0.326 e.